The SMILES string of the molecule is CCCCCCC[CH2][Sn]([CH2]CCCCCCC)([O]CC(C)CC)[O]CC(C)CC. The summed E-state index contributed by atoms with van der Waals surface area (Å²) in [5, 5.41) is 0. The second-order valence-corrected chi connectivity index (χ2v) is 19.3. The molecule has 29 heavy (non-hydrogen) atoms. The van der Waals surface area contributed by atoms with Crippen LogP contribution in [-0.2, 0) is 6.15 Å². The van der Waals surface area contributed by atoms with Crippen LogP contribution >= 0.6 is 0 Å². The van der Waals surface area contributed by atoms with Gasteiger partial charge in [-0.25, -0.2) is 0 Å². The topological polar surface area (TPSA) is 18.5 Å². The van der Waals surface area contributed by atoms with Crippen molar-refractivity contribution in [1.29, 1.82) is 0 Å². The zero-order valence-electron chi connectivity index (χ0n) is 21.2. The molecule has 2 atom stereocenters. The Morgan fingerprint density at radius 1 is 0.517 bits per heavy atom. The van der Waals surface area contributed by atoms with Crippen LogP contribution in [0.25, 0.3) is 0 Å². The van der Waals surface area contributed by atoms with E-state index >= 15 is 0 Å². The van der Waals surface area contributed by atoms with E-state index in [-0.39, 0.29) is 0 Å². The van der Waals surface area contributed by atoms with Gasteiger partial charge in [0.05, 0.1) is 0 Å². The van der Waals surface area contributed by atoms with Gasteiger partial charge in [-0.15, -0.1) is 0 Å². The van der Waals surface area contributed by atoms with Crippen LogP contribution in [0.2, 0.25) is 8.87 Å². The first-order valence-corrected chi connectivity index (χ1v) is 19.7. The average molecular weight is 519 g/mol. The Balaban J connectivity index is 4.81. The zero-order chi connectivity index (χ0) is 21.8. The molecule has 0 aliphatic heterocycles. The minimum atomic E-state index is -2.98. The summed E-state index contributed by atoms with van der Waals surface area (Å²) >= 11 is -2.98. The molecule has 0 saturated heterocycles. The Kier molecular flexibility index (Phi) is 21.1. The third kappa shape index (κ3) is 17.0. The fraction of sp³-hybridized carbons (Fsp3) is 1.00. The summed E-state index contributed by atoms with van der Waals surface area (Å²) in [5.41, 5.74) is 0. The molecule has 0 aromatic rings. The van der Waals surface area contributed by atoms with Crippen LogP contribution in [0, 0.1) is 11.8 Å². The summed E-state index contributed by atoms with van der Waals surface area (Å²) in [5.74, 6) is 1.32. The van der Waals surface area contributed by atoms with E-state index in [0.717, 1.165) is 13.2 Å². The Morgan fingerprint density at radius 2 is 0.862 bits per heavy atom. The molecule has 0 aromatic carbocycles. The first kappa shape index (κ1) is 29.7. The fourth-order valence-corrected chi connectivity index (χ4v) is 14.1. The van der Waals surface area contributed by atoms with Crippen LogP contribution in [-0.4, -0.2) is 32.4 Å². The predicted molar refractivity (Wildman–Crippen MR) is 133 cm³/mol. The van der Waals surface area contributed by atoms with Gasteiger partial charge < -0.3 is 0 Å². The summed E-state index contributed by atoms with van der Waals surface area (Å²) in [6, 6.07) is 0. The first-order valence-electron chi connectivity index (χ1n) is 13.3. The van der Waals surface area contributed by atoms with Crippen LogP contribution in [0.15, 0.2) is 0 Å². The van der Waals surface area contributed by atoms with E-state index in [1.807, 2.05) is 0 Å². The van der Waals surface area contributed by atoms with Crippen LogP contribution < -0.4 is 0 Å². The van der Waals surface area contributed by atoms with Crippen molar-refractivity contribution >= 4 is 19.2 Å². The quantitative estimate of drug-likeness (QED) is 0.105. The summed E-state index contributed by atoms with van der Waals surface area (Å²) in [6.07, 6.45) is 18.8. The molecule has 0 fully saturated rings. The molecule has 0 rings (SSSR count). The van der Waals surface area contributed by atoms with Crippen LogP contribution in [0.1, 0.15) is 131 Å². The predicted octanol–water partition coefficient (Wildman–Crippen LogP) is 9.28. The van der Waals surface area contributed by atoms with Crippen molar-refractivity contribution in [3.05, 3.63) is 0 Å². The van der Waals surface area contributed by atoms with E-state index in [0.29, 0.717) is 11.8 Å². The van der Waals surface area contributed by atoms with E-state index in [9.17, 15) is 0 Å². The van der Waals surface area contributed by atoms with Gasteiger partial charge in [0.1, 0.15) is 0 Å². The Hall–Kier alpha value is 0.719. The van der Waals surface area contributed by atoms with E-state index in [2.05, 4.69) is 41.5 Å². The summed E-state index contributed by atoms with van der Waals surface area (Å²) in [4.78, 5) is 0. The molecular weight excluding hydrogens is 463 g/mol. The van der Waals surface area contributed by atoms with Gasteiger partial charge in [0.25, 0.3) is 0 Å². The molecule has 0 bridgehead atoms. The number of unbranched alkanes of at least 4 members (excludes halogenated alkanes) is 10. The maximum absolute atomic E-state index is 6.82. The van der Waals surface area contributed by atoms with Gasteiger partial charge in [0.2, 0.25) is 0 Å². The van der Waals surface area contributed by atoms with Gasteiger partial charge in [-0.05, 0) is 0 Å². The van der Waals surface area contributed by atoms with Gasteiger partial charge in [-0.2, -0.15) is 0 Å². The number of hydrogen-bond donors (Lipinski definition) is 0. The van der Waals surface area contributed by atoms with Gasteiger partial charge in [0.15, 0.2) is 0 Å². The van der Waals surface area contributed by atoms with Crippen molar-refractivity contribution in [3.8, 4) is 0 Å². The molecule has 0 N–H and O–H groups in total. The van der Waals surface area contributed by atoms with Crippen molar-refractivity contribution in [3.63, 3.8) is 0 Å². The Labute approximate surface area is 190 Å². The molecule has 2 nitrogen and oxygen atoms in total. The van der Waals surface area contributed by atoms with E-state index < -0.39 is 19.2 Å². The number of hydrogen-bond acceptors (Lipinski definition) is 2. The van der Waals surface area contributed by atoms with E-state index in [4.69, 9.17) is 6.15 Å². The second kappa shape index (κ2) is 20.6. The van der Waals surface area contributed by atoms with Crippen LogP contribution in [0.4, 0.5) is 0 Å². The van der Waals surface area contributed by atoms with Gasteiger partial charge in [0, 0.05) is 0 Å². The fourth-order valence-electron chi connectivity index (χ4n) is 3.63. The standard InChI is InChI=1S/2C8H17.2C5H11O.Sn/c2*1-3-5-7-8-6-4-2;2*1-3-5(2)4-6;/h2*1,3-8H2,2H3;2*5H,3-4H2,1-2H3;/q;;2*-1;+2. The van der Waals surface area contributed by atoms with E-state index in [1.54, 1.807) is 0 Å². The molecule has 0 heterocycles. The van der Waals surface area contributed by atoms with Gasteiger partial charge in [-0.3, -0.25) is 0 Å². The summed E-state index contributed by atoms with van der Waals surface area (Å²) in [7, 11) is 0. The van der Waals surface area contributed by atoms with Crippen molar-refractivity contribution in [1.82, 2.24) is 0 Å². The molecule has 0 saturated carbocycles. The molecule has 0 aromatic heterocycles. The molecule has 0 radical (unpaired) electrons. The molecule has 2 unspecified atom stereocenters. The monoisotopic (exact) mass is 520 g/mol. The Morgan fingerprint density at radius 3 is 1.21 bits per heavy atom. The second-order valence-electron chi connectivity index (χ2n) is 9.60. The molecule has 0 spiro atoms. The van der Waals surface area contributed by atoms with Gasteiger partial charge in [-0.1, -0.05) is 0 Å². The first-order chi connectivity index (χ1) is 14.0. The summed E-state index contributed by atoms with van der Waals surface area (Å²) < 4.78 is 16.2. The van der Waals surface area contributed by atoms with Gasteiger partial charge >= 0.3 is 191 Å². The normalized spacial score (nSPS) is 14.3. The molecule has 3 heteroatoms. The minimum absolute atomic E-state index is 0.660. The Bertz CT molecular complexity index is 303. The van der Waals surface area contributed by atoms with Crippen LogP contribution in [0.5, 0.6) is 0 Å². The third-order valence-electron chi connectivity index (χ3n) is 6.48. The van der Waals surface area contributed by atoms with Crippen molar-refractivity contribution in [2.24, 2.45) is 11.8 Å². The van der Waals surface area contributed by atoms with Crippen molar-refractivity contribution in [2.75, 3.05) is 13.2 Å². The number of rotatable bonds is 22. The van der Waals surface area contributed by atoms with Crippen LogP contribution in [0.3, 0.4) is 0 Å². The zero-order valence-corrected chi connectivity index (χ0v) is 24.1. The molecule has 0 amide bonds. The molecular formula is C26H56O2Sn. The molecule has 176 valence electrons. The third-order valence-corrected chi connectivity index (χ3v) is 16.8. The van der Waals surface area contributed by atoms with Crippen molar-refractivity contribution < 1.29 is 6.15 Å². The summed E-state index contributed by atoms with van der Waals surface area (Å²) in [6.45, 7) is 15.7. The van der Waals surface area contributed by atoms with E-state index in [1.165, 1.54) is 98.8 Å². The van der Waals surface area contributed by atoms with Crippen molar-refractivity contribution in [2.45, 2.75) is 140 Å². The average Bonchev–Trinajstić information content (AvgIpc) is 2.74. The molecule has 0 aliphatic rings. The molecule has 0 aliphatic carbocycles. The maximum atomic E-state index is 6.82.